The highest BCUT2D eigenvalue weighted by Gasteiger charge is 2.26. The second-order valence-corrected chi connectivity index (χ2v) is 8.01. The van der Waals surface area contributed by atoms with E-state index in [0.29, 0.717) is 18.8 Å². The molecule has 0 saturated carbocycles. The largest absolute Gasteiger partial charge is 0.481 e. The van der Waals surface area contributed by atoms with E-state index >= 15 is 0 Å². The number of carbonyl (C=O) groups excluding carboxylic acids is 1. The maximum Gasteiger partial charge on any atom is 0.263 e. The summed E-state index contributed by atoms with van der Waals surface area (Å²) < 4.78 is 19.9. The third-order valence-electron chi connectivity index (χ3n) is 4.86. The molecule has 5 nitrogen and oxygen atoms in total. The lowest BCUT2D eigenvalue weighted by Gasteiger charge is -2.35. The molecule has 1 atom stereocenters. The third kappa shape index (κ3) is 4.31. The fourth-order valence-electron chi connectivity index (χ4n) is 3.33. The summed E-state index contributed by atoms with van der Waals surface area (Å²) in [6.07, 6.45) is -0.596. The van der Waals surface area contributed by atoms with Gasteiger partial charge in [0.2, 0.25) is 0 Å². The van der Waals surface area contributed by atoms with Crippen LogP contribution in [0.4, 0.5) is 4.39 Å². The average Bonchev–Trinajstić information content (AvgIpc) is 3.12. The predicted molar refractivity (Wildman–Crippen MR) is 108 cm³/mol. The molecule has 3 aromatic rings. The molecule has 7 heteroatoms. The van der Waals surface area contributed by atoms with Crippen molar-refractivity contribution in [3.8, 4) is 5.75 Å². The van der Waals surface area contributed by atoms with E-state index in [9.17, 15) is 9.18 Å². The van der Waals surface area contributed by atoms with Gasteiger partial charge in [0.1, 0.15) is 16.6 Å². The molecule has 2 heterocycles. The molecule has 4 rings (SSSR count). The number of halogens is 1. The molecule has 1 amide bonds. The topological polar surface area (TPSA) is 45.7 Å². The maximum atomic E-state index is 13.0. The number of piperazine rings is 1. The highest BCUT2D eigenvalue weighted by molar-refractivity contribution is 7.18. The van der Waals surface area contributed by atoms with Gasteiger partial charge in [0.15, 0.2) is 6.10 Å². The number of carbonyl (C=O) groups is 1. The highest BCUT2D eigenvalue weighted by Crippen LogP contribution is 2.23. The van der Waals surface area contributed by atoms with Gasteiger partial charge in [0, 0.05) is 26.2 Å². The van der Waals surface area contributed by atoms with Crippen molar-refractivity contribution in [2.75, 3.05) is 26.2 Å². The molecule has 1 fully saturated rings. The Labute approximate surface area is 167 Å². The zero-order valence-corrected chi connectivity index (χ0v) is 16.5. The number of ether oxygens (including phenoxy) is 1. The van der Waals surface area contributed by atoms with E-state index in [1.165, 1.54) is 29.0 Å². The van der Waals surface area contributed by atoms with E-state index in [2.05, 4.69) is 11.0 Å². The molecule has 0 spiro atoms. The minimum Gasteiger partial charge on any atom is -0.481 e. The summed E-state index contributed by atoms with van der Waals surface area (Å²) >= 11 is 1.73. The molecule has 1 aliphatic heterocycles. The molecular formula is C21H22FN3O2S. The normalized spacial score (nSPS) is 16.3. The molecule has 2 aromatic carbocycles. The van der Waals surface area contributed by atoms with E-state index in [1.807, 2.05) is 23.1 Å². The first-order valence-corrected chi connectivity index (χ1v) is 10.2. The van der Waals surface area contributed by atoms with Gasteiger partial charge in [-0.15, -0.1) is 11.3 Å². The van der Waals surface area contributed by atoms with Crippen LogP contribution >= 0.6 is 11.3 Å². The van der Waals surface area contributed by atoms with E-state index < -0.39 is 6.10 Å². The van der Waals surface area contributed by atoms with Crippen molar-refractivity contribution in [1.29, 1.82) is 0 Å². The van der Waals surface area contributed by atoms with Gasteiger partial charge in [-0.2, -0.15) is 0 Å². The number of hydrogen-bond acceptors (Lipinski definition) is 5. The van der Waals surface area contributed by atoms with E-state index in [4.69, 9.17) is 9.72 Å². The van der Waals surface area contributed by atoms with Gasteiger partial charge < -0.3 is 9.64 Å². The maximum absolute atomic E-state index is 13.0. The Morgan fingerprint density at radius 3 is 2.57 bits per heavy atom. The minimum atomic E-state index is -0.596. The lowest BCUT2D eigenvalue weighted by atomic mass is 10.2. The van der Waals surface area contributed by atoms with Crippen molar-refractivity contribution >= 4 is 27.5 Å². The SMILES string of the molecule is C[C@@H](Oc1ccc(F)cc1)C(=O)N1CCN(Cc2nc3ccccc3s2)CC1. The first-order chi connectivity index (χ1) is 13.6. The lowest BCUT2D eigenvalue weighted by Crippen LogP contribution is -2.51. The number of benzene rings is 2. The Kier molecular flexibility index (Phi) is 5.54. The standard InChI is InChI=1S/C21H22FN3O2S/c1-15(27-17-8-6-16(22)7-9-17)21(26)25-12-10-24(11-13-25)14-20-23-18-4-2-3-5-19(18)28-20/h2-9,15H,10-14H2,1H3/t15-/m1/s1. The van der Waals surface area contributed by atoms with Crippen LogP contribution in [-0.4, -0.2) is 53.0 Å². The lowest BCUT2D eigenvalue weighted by molar-refractivity contribution is -0.139. The molecule has 1 aromatic heterocycles. The Balaban J connectivity index is 1.29. The van der Waals surface area contributed by atoms with Crippen LogP contribution in [0.5, 0.6) is 5.75 Å². The van der Waals surface area contributed by atoms with Gasteiger partial charge in [-0.3, -0.25) is 9.69 Å². The zero-order chi connectivity index (χ0) is 19.5. The van der Waals surface area contributed by atoms with Crippen LogP contribution in [0.2, 0.25) is 0 Å². The second kappa shape index (κ2) is 8.24. The van der Waals surface area contributed by atoms with Crippen LogP contribution in [0.25, 0.3) is 10.2 Å². The first-order valence-electron chi connectivity index (χ1n) is 9.36. The summed E-state index contributed by atoms with van der Waals surface area (Å²) in [7, 11) is 0. The van der Waals surface area contributed by atoms with Crippen molar-refractivity contribution in [2.24, 2.45) is 0 Å². The van der Waals surface area contributed by atoms with Crippen molar-refractivity contribution in [2.45, 2.75) is 19.6 Å². The van der Waals surface area contributed by atoms with Crippen molar-refractivity contribution in [1.82, 2.24) is 14.8 Å². The van der Waals surface area contributed by atoms with Gasteiger partial charge in [0.05, 0.1) is 16.8 Å². The highest BCUT2D eigenvalue weighted by atomic mass is 32.1. The Morgan fingerprint density at radius 1 is 1.14 bits per heavy atom. The van der Waals surface area contributed by atoms with Crippen LogP contribution in [0.3, 0.4) is 0 Å². The molecule has 0 aliphatic carbocycles. The minimum absolute atomic E-state index is 0.0380. The van der Waals surface area contributed by atoms with E-state index in [-0.39, 0.29) is 11.7 Å². The molecule has 0 unspecified atom stereocenters. The number of nitrogens with zero attached hydrogens (tertiary/aromatic N) is 3. The van der Waals surface area contributed by atoms with Crippen LogP contribution in [0.1, 0.15) is 11.9 Å². The number of fused-ring (bicyclic) bond motifs is 1. The summed E-state index contributed by atoms with van der Waals surface area (Å²) in [6.45, 7) is 5.50. The zero-order valence-electron chi connectivity index (χ0n) is 15.7. The van der Waals surface area contributed by atoms with Crippen LogP contribution in [-0.2, 0) is 11.3 Å². The molecule has 0 bridgehead atoms. The summed E-state index contributed by atoms with van der Waals surface area (Å²) in [4.78, 5) is 21.5. The summed E-state index contributed by atoms with van der Waals surface area (Å²) in [6, 6.07) is 13.9. The molecular weight excluding hydrogens is 377 g/mol. The quantitative estimate of drug-likeness (QED) is 0.658. The van der Waals surface area contributed by atoms with Gasteiger partial charge in [-0.25, -0.2) is 9.37 Å². The molecule has 1 saturated heterocycles. The van der Waals surface area contributed by atoms with Crippen LogP contribution < -0.4 is 4.74 Å². The summed E-state index contributed by atoms with van der Waals surface area (Å²) in [5.41, 5.74) is 1.04. The number of thiazole rings is 1. The Morgan fingerprint density at radius 2 is 1.86 bits per heavy atom. The second-order valence-electron chi connectivity index (χ2n) is 6.89. The Bertz CT molecular complexity index is 919. The average molecular weight is 399 g/mol. The Hall–Kier alpha value is -2.51. The number of para-hydroxylation sites is 1. The molecule has 1 aliphatic rings. The molecule has 28 heavy (non-hydrogen) atoms. The molecule has 146 valence electrons. The summed E-state index contributed by atoms with van der Waals surface area (Å²) in [5.74, 6) is 0.135. The monoisotopic (exact) mass is 399 g/mol. The number of rotatable bonds is 5. The van der Waals surface area contributed by atoms with E-state index in [1.54, 1.807) is 18.3 Å². The predicted octanol–water partition coefficient (Wildman–Crippen LogP) is 3.55. The van der Waals surface area contributed by atoms with Crippen molar-refractivity contribution in [3.05, 3.63) is 59.4 Å². The van der Waals surface area contributed by atoms with E-state index in [0.717, 1.165) is 30.2 Å². The molecule has 0 N–H and O–H groups in total. The van der Waals surface area contributed by atoms with Gasteiger partial charge >= 0.3 is 0 Å². The smallest absolute Gasteiger partial charge is 0.263 e. The number of amides is 1. The number of aromatic nitrogens is 1. The fourth-order valence-corrected chi connectivity index (χ4v) is 4.34. The van der Waals surface area contributed by atoms with Crippen molar-refractivity contribution < 1.29 is 13.9 Å². The fraction of sp³-hybridized carbons (Fsp3) is 0.333. The van der Waals surface area contributed by atoms with Gasteiger partial charge in [-0.1, -0.05) is 12.1 Å². The van der Waals surface area contributed by atoms with Gasteiger partial charge in [0.25, 0.3) is 5.91 Å². The summed E-state index contributed by atoms with van der Waals surface area (Å²) in [5, 5.41) is 1.11. The first kappa shape index (κ1) is 18.8. The van der Waals surface area contributed by atoms with Crippen LogP contribution in [0, 0.1) is 5.82 Å². The van der Waals surface area contributed by atoms with Crippen molar-refractivity contribution in [3.63, 3.8) is 0 Å². The third-order valence-corrected chi connectivity index (χ3v) is 5.88. The van der Waals surface area contributed by atoms with Gasteiger partial charge in [-0.05, 0) is 43.3 Å². The molecule has 0 radical (unpaired) electrons. The van der Waals surface area contributed by atoms with Crippen LogP contribution in [0.15, 0.2) is 48.5 Å². The number of hydrogen-bond donors (Lipinski definition) is 0.